The Morgan fingerprint density at radius 2 is 1.67 bits per heavy atom. The summed E-state index contributed by atoms with van der Waals surface area (Å²) >= 11 is 0. The molecule has 0 aromatic heterocycles. The first-order valence-corrected chi connectivity index (χ1v) is 7.93. The Morgan fingerprint density at radius 1 is 1.12 bits per heavy atom. The molecule has 0 unspecified atom stereocenters. The number of carbonyl (C=O) groups is 2. The summed E-state index contributed by atoms with van der Waals surface area (Å²) in [5, 5.41) is 21.0. The van der Waals surface area contributed by atoms with E-state index >= 15 is 0 Å². The van der Waals surface area contributed by atoms with Crippen LogP contribution in [0.25, 0.3) is 0 Å². The molecule has 0 spiro atoms. The van der Waals surface area contributed by atoms with Gasteiger partial charge in [0.25, 0.3) is 5.69 Å². The van der Waals surface area contributed by atoms with Gasteiger partial charge in [0.15, 0.2) is 0 Å². The number of hydrogen-bond donors (Lipinski definition) is 1. The van der Waals surface area contributed by atoms with E-state index in [1.165, 1.54) is 24.3 Å². The lowest BCUT2D eigenvalue weighted by molar-refractivity contribution is -0.384. The number of β-amino-alcohol motifs (C(OH)–C–C–N with tert-alkyl or cyclic N) is 1. The van der Waals surface area contributed by atoms with Crippen molar-refractivity contribution >= 4 is 17.5 Å². The van der Waals surface area contributed by atoms with Crippen molar-refractivity contribution in [1.29, 1.82) is 0 Å². The molecule has 24 heavy (non-hydrogen) atoms. The summed E-state index contributed by atoms with van der Waals surface area (Å²) < 4.78 is 0. The molecule has 0 radical (unpaired) electrons. The van der Waals surface area contributed by atoms with E-state index in [4.69, 9.17) is 0 Å². The van der Waals surface area contributed by atoms with Gasteiger partial charge < -0.3 is 5.11 Å². The number of allylic oxidation sites excluding steroid dienone is 2. The number of benzene rings is 1. The van der Waals surface area contributed by atoms with E-state index in [0.29, 0.717) is 5.56 Å². The minimum Gasteiger partial charge on any atom is -0.387 e. The molecule has 3 aliphatic rings. The van der Waals surface area contributed by atoms with Gasteiger partial charge in [-0.2, -0.15) is 0 Å². The fraction of sp³-hybridized carbons (Fsp3) is 0.412. The van der Waals surface area contributed by atoms with Crippen LogP contribution in [-0.4, -0.2) is 33.3 Å². The number of nitro groups is 1. The van der Waals surface area contributed by atoms with Crippen molar-refractivity contribution < 1.29 is 19.6 Å². The number of rotatable bonds is 4. The maximum Gasteiger partial charge on any atom is 0.269 e. The molecule has 1 heterocycles. The van der Waals surface area contributed by atoms with Gasteiger partial charge in [-0.1, -0.05) is 12.2 Å². The van der Waals surface area contributed by atoms with Crippen LogP contribution in [0.3, 0.4) is 0 Å². The first-order valence-electron chi connectivity index (χ1n) is 7.93. The number of likely N-dealkylation sites (tertiary alicyclic amines) is 1. The zero-order valence-corrected chi connectivity index (χ0v) is 12.7. The Bertz CT molecular complexity index is 727. The normalized spacial score (nSPS) is 31.6. The van der Waals surface area contributed by atoms with E-state index in [0.717, 1.165) is 11.3 Å². The highest BCUT2D eigenvalue weighted by Gasteiger charge is 2.59. The van der Waals surface area contributed by atoms with Crippen molar-refractivity contribution in [1.82, 2.24) is 4.90 Å². The topological polar surface area (TPSA) is 101 Å². The van der Waals surface area contributed by atoms with Crippen LogP contribution in [0.5, 0.6) is 0 Å². The molecular weight excluding hydrogens is 312 g/mol. The number of carbonyl (C=O) groups excluding carboxylic acids is 2. The monoisotopic (exact) mass is 328 g/mol. The summed E-state index contributed by atoms with van der Waals surface area (Å²) in [6, 6.07) is 5.48. The Balaban J connectivity index is 1.50. The second-order valence-electron chi connectivity index (χ2n) is 6.65. The van der Waals surface area contributed by atoms with Crippen LogP contribution in [-0.2, 0) is 9.59 Å². The van der Waals surface area contributed by atoms with Gasteiger partial charge >= 0.3 is 0 Å². The van der Waals surface area contributed by atoms with Gasteiger partial charge in [-0.15, -0.1) is 0 Å². The molecule has 1 aliphatic heterocycles. The smallest absolute Gasteiger partial charge is 0.269 e. The molecule has 2 aliphatic carbocycles. The molecule has 1 N–H and O–H groups in total. The lowest BCUT2D eigenvalue weighted by Crippen LogP contribution is -2.36. The zero-order valence-electron chi connectivity index (χ0n) is 12.7. The molecule has 4 rings (SSSR count). The third-order valence-electron chi connectivity index (χ3n) is 5.41. The average molecular weight is 328 g/mol. The first-order chi connectivity index (χ1) is 11.5. The number of aliphatic hydroxyl groups excluding tert-OH is 1. The standard InChI is InChI=1S/C17H16N2O5/c20-13(9-3-5-12(6-4-9)19(23)24)8-18-16(21)14-10-1-2-11(7-10)15(14)17(18)22/h1-6,10-11,13-15,20H,7-8H2/t10-,11-,13+,14-,15+/m0/s1. The molecule has 1 saturated carbocycles. The quantitative estimate of drug-likeness (QED) is 0.390. The zero-order chi connectivity index (χ0) is 17.0. The predicted octanol–water partition coefficient (Wildman–Crippen LogP) is 1.44. The van der Waals surface area contributed by atoms with Gasteiger partial charge in [-0.3, -0.25) is 24.6 Å². The van der Waals surface area contributed by atoms with Crippen LogP contribution in [0.15, 0.2) is 36.4 Å². The summed E-state index contributed by atoms with van der Waals surface area (Å²) in [6.07, 6.45) is 3.86. The first kappa shape index (κ1) is 15.0. The van der Waals surface area contributed by atoms with Crippen molar-refractivity contribution in [2.24, 2.45) is 23.7 Å². The molecule has 124 valence electrons. The van der Waals surface area contributed by atoms with E-state index in [-0.39, 0.29) is 47.7 Å². The third-order valence-corrected chi connectivity index (χ3v) is 5.41. The predicted molar refractivity (Wildman–Crippen MR) is 82.5 cm³/mol. The highest BCUT2D eigenvalue weighted by Crippen LogP contribution is 2.52. The SMILES string of the molecule is O=C1[C@@H]2[C@H](C(=O)N1C[C@@H](O)c1ccc([N+](=O)[O-])cc1)[C@H]1C=C[C@H]2C1. The van der Waals surface area contributed by atoms with Gasteiger partial charge in [0.05, 0.1) is 29.4 Å². The number of nitrogens with zero attached hydrogens (tertiary/aromatic N) is 2. The van der Waals surface area contributed by atoms with Gasteiger partial charge in [0.2, 0.25) is 11.8 Å². The van der Waals surface area contributed by atoms with E-state index < -0.39 is 11.0 Å². The number of aliphatic hydroxyl groups is 1. The molecule has 1 aromatic carbocycles. The summed E-state index contributed by atoms with van der Waals surface area (Å²) in [7, 11) is 0. The molecule has 2 bridgehead atoms. The van der Waals surface area contributed by atoms with E-state index in [2.05, 4.69) is 0 Å². The van der Waals surface area contributed by atoms with Crippen molar-refractivity contribution in [2.75, 3.05) is 6.54 Å². The minimum absolute atomic E-state index is 0.0727. The van der Waals surface area contributed by atoms with E-state index in [1.54, 1.807) is 0 Å². The highest BCUT2D eigenvalue weighted by atomic mass is 16.6. The lowest BCUT2D eigenvalue weighted by atomic mass is 9.85. The molecule has 1 saturated heterocycles. The maximum absolute atomic E-state index is 12.6. The number of nitro benzene ring substituents is 1. The third kappa shape index (κ3) is 2.08. The van der Waals surface area contributed by atoms with Crippen molar-refractivity contribution in [2.45, 2.75) is 12.5 Å². The van der Waals surface area contributed by atoms with Crippen molar-refractivity contribution in [3.05, 3.63) is 52.1 Å². The number of fused-ring (bicyclic) bond motifs is 5. The van der Waals surface area contributed by atoms with Crippen LogP contribution in [0.2, 0.25) is 0 Å². The second-order valence-corrected chi connectivity index (χ2v) is 6.65. The van der Waals surface area contributed by atoms with Gasteiger partial charge in [0, 0.05) is 12.1 Å². The highest BCUT2D eigenvalue weighted by molar-refractivity contribution is 6.06. The molecule has 7 nitrogen and oxygen atoms in total. The maximum atomic E-state index is 12.6. The van der Waals surface area contributed by atoms with Crippen LogP contribution in [0, 0.1) is 33.8 Å². The summed E-state index contributed by atoms with van der Waals surface area (Å²) in [5.74, 6) is -0.699. The number of amides is 2. The molecule has 1 aromatic rings. The number of hydrogen-bond acceptors (Lipinski definition) is 5. The number of non-ortho nitro benzene ring substituents is 1. The lowest BCUT2D eigenvalue weighted by Gasteiger charge is -2.20. The largest absolute Gasteiger partial charge is 0.387 e. The van der Waals surface area contributed by atoms with Crippen LogP contribution in [0.4, 0.5) is 5.69 Å². The van der Waals surface area contributed by atoms with Gasteiger partial charge in [-0.05, 0) is 36.0 Å². The minimum atomic E-state index is -1.05. The van der Waals surface area contributed by atoms with Gasteiger partial charge in [-0.25, -0.2) is 0 Å². The van der Waals surface area contributed by atoms with E-state index in [1.807, 2.05) is 12.2 Å². The Kier molecular flexibility index (Phi) is 3.28. The fourth-order valence-corrected chi connectivity index (χ4v) is 4.24. The average Bonchev–Trinajstić information content (AvgIpc) is 3.24. The molecule has 7 heteroatoms. The Labute approximate surface area is 137 Å². The molecule has 2 fully saturated rings. The van der Waals surface area contributed by atoms with Crippen molar-refractivity contribution in [3.8, 4) is 0 Å². The van der Waals surface area contributed by atoms with Crippen LogP contribution < -0.4 is 0 Å². The summed E-state index contributed by atoms with van der Waals surface area (Å²) in [5.41, 5.74) is 0.371. The van der Waals surface area contributed by atoms with Crippen LogP contribution >= 0.6 is 0 Å². The Hall–Kier alpha value is -2.54. The molecular formula is C17H16N2O5. The fourth-order valence-electron chi connectivity index (χ4n) is 4.24. The summed E-state index contributed by atoms with van der Waals surface area (Å²) in [6.45, 7) is -0.109. The summed E-state index contributed by atoms with van der Waals surface area (Å²) in [4.78, 5) is 36.4. The van der Waals surface area contributed by atoms with Crippen LogP contribution in [0.1, 0.15) is 18.1 Å². The van der Waals surface area contributed by atoms with Crippen molar-refractivity contribution in [3.63, 3.8) is 0 Å². The van der Waals surface area contributed by atoms with E-state index in [9.17, 15) is 24.8 Å². The Morgan fingerprint density at radius 3 is 2.17 bits per heavy atom. The second kappa shape index (κ2) is 5.24. The number of imide groups is 1. The van der Waals surface area contributed by atoms with Gasteiger partial charge in [0.1, 0.15) is 0 Å². The molecule has 2 amide bonds. The molecule has 5 atom stereocenters.